The lowest BCUT2D eigenvalue weighted by atomic mass is 10.0. The van der Waals surface area contributed by atoms with E-state index in [0.29, 0.717) is 12.8 Å². The summed E-state index contributed by atoms with van der Waals surface area (Å²) in [6, 6.07) is 11.3. The van der Waals surface area contributed by atoms with Crippen LogP contribution in [0.2, 0.25) is 0 Å². The Morgan fingerprint density at radius 1 is 1.00 bits per heavy atom. The number of nitro groups is 1. The first-order chi connectivity index (χ1) is 9.06. The van der Waals surface area contributed by atoms with Crippen LogP contribution < -0.4 is 0 Å². The van der Waals surface area contributed by atoms with Gasteiger partial charge in [-0.2, -0.15) is 0 Å². The summed E-state index contributed by atoms with van der Waals surface area (Å²) in [6.45, 7) is 0. The van der Waals surface area contributed by atoms with E-state index in [1.165, 1.54) is 12.1 Å². The van der Waals surface area contributed by atoms with Gasteiger partial charge in [0.15, 0.2) is 5.75 Å². The Morgan fingerprint density at radius 3 is 2.32 bits per heavy atom. The highest BCUT2D eigenvalue weighted by molar-refractivity contribution is 5.47. The van der Waals surface area contributed by atoms with Crippen molar-refractivity contribution >= 4 is 5.69 Å². The summed E-state index contributed by atoms with van der Waals surface area (Å²) in [5, 5.41) is 29.4. The average Bonchev–Trinajstić information content (AvgIpc) is 2.37. The van der Waals surface area contributed by atoms with Crippen molar-refractivity contribution in [2.75, 3.05) is 0 Å². The predicted octanol–water partition coefficient (Wildman–Crippen LogP) is 2.79. The Hall–Kier alpha value is -2.56. The van der Waals surface area contributed by atoms with E-state index < -0.39 is 4.92 Å². The maximum atomic E-state index is 10.7. The van der Waals surface area contributed by atoms with Crippen LogP contribution >= 0.6 is 0 Å². The fourth-order valence-electron chi connectivity index (χ4n) is 1.87. The molecule has 19 heavy (non-hydrogen) atoms. The van der Waals surface area contributed by atoms with E-state index in [2.05, 4.69) is 0 Å². The van der Waals surface area contributed by atoms with E-state index in [1.807, 2.05) is 6.07 Å². The van der Waals surface area contributed by atoms with Gasteiger partial charge in [-0.25, -0.2) is 0 Å². The first-order valence-corrected chi connectivity index (χ1v) is 5.80. The van der Waals surface area contributed by atoms with Crippen molar-refractivity contribution < 1.29 is 15.1 Å². The zero-order valence-corrected chi connectivity index (χ0v) is 10.1. The van der Waals surface area contributed by atoms with Gasteiger partial charge in [0.1, 0.15) is 5.75 Å². The number of aryl methyl sites for hydroxylation is 2. The van der Waals surface area contributed by atoms with Crippen molar-refractivity contribution in [3.63, 3.8) is 0 Å². The quantitative estimate of drug-likeness (QED) is 0.653. The van der Waals surface area contributed by atoms with Gasteiger partial charge in [-0.05, 0) is 42.2 Å². The van der Waals surface area contributed by atoms with E-state index in [-0.39, 0.29) is 17.2 Å². The standard InChI is InChI=1S/C14H13NO4/c16-12-3-1-2-10(8-12)4-5-11-6-7-14(17)13(9-11)15(18)19/h1-3,6-9,16-17H,4-5H2. The van der Waals surface area contributed by atoms with Crippen LogP contribution in [-0.4, -0.2) is 15.1 Å². The highest BCUT2D eigenvalue weighted by Crippen LogP contribution is 2.26. The van der Waals surface area contributed by atoms with Crippen molar-refractivity contribution in [1.82, 2.24) is 0 Å². The molecule has 0 aliphatic carbocycles. The van der Waals surface area contributed by atoms with E-state index in [0.717, 1.165) is 11.1 Å². The van der Waals surface area contributed by atoms with Crippen molar-refractivity contribution in [3.8, 4) is 11.5 Å². The smallest absolute Gasteiger partial charge is 0.310 e. The molecule has 5 nitrogen and oxygen atoms in total. The number of hydrogen-bond donors (Lipinski definition) is 2. The van der Waals surface area contributed by atoms with Gasteiger partial charge in [0.05, 0.1) is 4.92 Å². The van der Waals surface area contributed by atoms with Crippen LogP contribution in [0.4, 0.5) is 5.69 Å². The molecule has 0 fully saturated rings. The molecular weight excluding hydrogens is 246 g/mol. The number of benzene rings is 2. The van der Waals surface area contributed by atoms with Gasteiger partial charge in [-0.1, -0.05) is 18.2 Å². The minimum atomic E-state index is -0.604. The molecule has 2 aromatic rings. The fraction of sp³-hybridized carbons (Fsp3) is 0.143. The van der Waals surface area contributed by atoms with E-state index in [4.69, 9.17) is 0 Å². The second kappa shape index (κ2) is 5.39. The molecule has 0 aliphatic heterocycles. The number of phenolic OH excluding ortho intramolecular Hbond substituents is 2. The van der Waals surface area contributed by atoms with Gasteiger partial charge in [-0.3, -0.25) is 10.1 Å². The van der Waals surface area contributed by atoms with Crippen LogP contribution in [-0.2, 0) is 12.8 Å². The molecule has 2 N–H and O–H groups in total. The van der Waals surface area contributed by atoms with Crippen molar-refractivity contribution in [3.05, 3.63) is 63.7 Å². The van der Waals surface area contributed by atoms with Crippen molar-refractivity contribution in [1.29, 1.82) is 0 Å². The van der Waals surface area contributed by atoms with Gasteiger partial charge in [-0.15, -0.1) is 0 Å². The SMILES string of the molecule is O=[N+]([O-])c1cc(CCc2cccc(O)c2)ccc1O. The Kier molecular flexibility index (Phi) is 3.66. The lowest BCUT2D eigenvalue weighted by Gasteiger charge is -2.04. The Morgan fingerprint density at radius 2 is 1.68 bits per heavy atom. The van der Waals surface area contributed by atoms with Crippen LogP contribution in [0.3, 0.4) is 0 Å². The number of hydrogen-bond acceptors (Lipinski definition) is 4. The lowest BCUT2D eigenvalue weighted by Crippen LogP contribution is -1.94. The third-order valence-corrected chi connectivity index (χ3v) is 2.85. The molecule has 0 bridgehead atoms. The number of aromatic hydroxyl groups is 2. The molecule has 0 radical (unpaired) electrons. The van der Waals surface area contributed by atoms with Crippen molar-refractivity contribution in [2.24, 2.45) is 0 Å². The van der Waals surface area contributed by atoms with Gasteiger partial charge < -0.3 is 10.2 Å². The monoisotopic (exact) mass is 259 g/mol. The van der Waals surface area contributed by atoms with Gasteiger partial charge in [0, 0.05) is 6.07 Å². The third kappa shape index (κ3) is 3.22. The number of phenols is 2. The number of nitrogens with zero attached hydrogens (tertiary/aromatic N) is 1. The number of nitro benzene ring substituents is 1. The Labute approximate surface area is 109 Å². The molecule has 0 atom stereocenters. The van der Waals surface area contributed by atoms with Crippen LogP contribution in [0.1, 0.15) is 11.1 Å². The highest BCUT2D eigenvalue weighted by Gasteiger charge is 2.13. The minimum absolute atomic E-state index is 0.203. The first-order valence-electron chi connectivity index (χ1n) is 5.80. The predicted molar refractivity (Wildman–Crippen MR) is 70.3 cm³/mol. The maximum absolute atomic E-state index is 10.7. The molecule has 0 saturated heterocycles. The minimum Gasteiger partial charge on any atom is -0.508 e. The normalized spacial score (nSPS) is 10.3. The zero-order valence-electron chi connectivity index (χ0n) is 10.1. The van der Waals surface area contributed by atoms with E-state index in [1.54, 1.807) is 24.3 Å². The first kappa shape index (κ1) is 12.9. The molecule has 0 heterocycles. The molecule has 0 spiro atoms. The molecule has 2 aromatic carbocycles. The zero-order chi connectivity index (χ0) is 13.8. The van der Waals surface area contributed by atoms with Crippen LogP contribution in [0.5, 0.6) is 11.5 Å². The number of rotatable bonds is 4. The summed E-state index contributed by atoms with van der Waals surface area (Å²) in [7, 11) is 0. The molecular formula is C14H13NO4. The van der Waals surface area contributed by atoms with E-state index >= 15 is 0 Å². The summed E-state index contributed by atoms with van der Waals surface area (Å²) in [6.07, 6.45) is 1.26. The molecule has 98 valence electrons. The van der Waals surface area contributed by atoms with Gasteiger partial charge in [0.25, 0.3) is 0 Å². The summed E-state index contributed by atoms with van der Waals surface area (Å²) in [5.74, 6) is -0.125. The van der Waals surface area contributed by atoms with Crippen LogP contribution in [0.25, 0.3) is 0 Å². The average molecular weight is 259 g/mol. The molecule has 0 aromatic heterocycles. The second-order valence-electron chi connectivity index (χ2n) is 4.25. The molecule has 0 aliphatic rings. The molecule has 2 rings (SSSR count). The second-order valence-corrected chi connectivity index (χ2v) is 4.25. The van der Waals surface area contributed by atoms with E-state index in [9.17, 15) is 20.3 Å². The Balaban J connectivity index is 2.12. The van der Waals surface area contributed by atoms with Gasteiger partial charge >= 0.3 is 5.69 Å². The summed E-state index contributed by atoms with van der Waals surface area (Å²) >= 11 is 0. The summed E-state index contributed by atoms with van der Waals surface area (Å²) in [4.78, 5) is 10.1. The van der Waals surface area contributed by atoms with Gasteiger partial charge in [0.2, 0.25) is 0 Å². The topological polar surface area (TPSA) is 83.6 Å². The van der Waals surface area contributed by atoms with Crippen molar-refractivity contribution in [2.45, 2.75) is 12.8 Å². The third-order valence-electron chi connectivity index (χ3n) is 2.85. The largest absolute Gasteiger partial charge is 0.508 e. The maximum Gasteiger partial charge on any atom is 0.310 e. The Bertz CT molecular complexity index is 610. The molecule has 0 amide bonds. The summed E-state index contributed by atoms with van der Waals surface area (Å²) in [5.41, 5.74) is 1.44. The fourth-order valence-corrected chi connectivity index (χ4v) is 1.87. The van der Waals surface area contributed by atoms with Crippen LogP contribution in [0.15, 0.2) is 42.5 Å². The van der Waals surface area contributed by atoms with Crippen LogP contribution in [0, 0.1) is 10.1 Å². The highest BCUT2D eigenvalue weighted by atomic mass is 16.6. The summed E-state index contributed by atoms with van der Waals surface area (Å²) < 4.78 is 0. The molecule has 5 heteroatoms. The molecule has 0 saturated carbocycles. The molecule has 0 unspecified atom stereocenters. The lowest BCUT2D eigenvalue weighted by molar-refractivity contribution is -0.385.